The number of hydrogen-bond donors (Lipinski definition) is 0. The molecule has 3 aromatic rings. The fourth-order valence-corrected chi connectivity index (χ4v) is 1.88. The van der Waals surface area contributed by atoms with Gasteiger partial charge in [-0.1, -0.05) is 23.8 Å². The summed E-state index contributed by atoms with van der Waals surface area (Å²) < 4.78 is 18.9. The van der Waals surface area contributed by atoms with Crippen molar-refractivity contribution in [2.75, 3.05) is 0 Å². The molecule has 0 amide bonds. The van der Waals surface area contributed by atoms with E-state index in [1.807, 2.05) is 31.2 Å². The Hall–Kier alpha value is -1.83. The maximum Gasteiger partial charge on any atom is 0.171 e. The highest BCUT2D eigenvalue weighted by Gasteiger charge is 2.09. The maximum atomic E-state index is 13.4. The molecule has 0 spiro atoms. The van der Waals surface area contributed by atoms with Crippen LogP contribution in [0.4, 0.5) is 4.39 Å². The standard InChI is InChI=1S/C13H9FO/c1-8-5-6-12-10(7-8)9-3-2-4-11(14)13(9)15-12/h2-7H,1H3. The van der Waals surface area contributed by atoms with Gasteiger partial charge in [0.15, 0.2) is 11.4 Å². The molecule has 1 heterocycles. The molecule has 0 bridgehead atoms. The molecule has 0 aliphatic carbocycles. The number of benzene rings is 2. The van der Waals surface area contributed by atoms with Crippen molar-refractivity contribution < 1.29 is 8.81 Å². The summed E-state index contributed by atoms with van der Waals surface area (Å²) in [5, 5.41) is 1.82. The third-order valence-electron chi connectivity index (χ3n) is 2.60. The van der Waals surface area contributed by atoms with E-state index in [0.717, 1.165) is 21.9 Å². The Kier molecular flexibility index (Phi) is 1.60. The van der Waals surface area contributed by atoms with E-state index in [2.05, 4.69) is 0 Å². The molecule has 0 unspecified atom stereocenters. The summed E-state index contributed by atoms with van der Waals surface area (Å²) in [5.41, 5.74) is 2.23. The average Bonchev–Trinajstić information content (AvgIpc) is 2.58. The van der Waals surface area contributed by atoms with Crippen molar-refractivity contribution in [2.24, 2.45) is 0 Å². The lowest BCUT2D eigenvalue weighted by molar-refractivity contribution is 0.584. The lowest BCUT2D eigenvalue weighted by Crippen LogP contribution is -1.73. The van der Waals surface area contributed by atoms with Crippen molar-refractivity contribution in [2.45, 2.75) is 6.92 Å². The van der Waals surface area contributed by atoms with E-state index < -0.39 is 0 Å². The Bertz CT molecular complexity index is 652. The summed E-state index contributed by atoms with van der Waals surface area (Å²) >= 11 is 0. The quantitative estimate of drug-likeness (QED) is 0.534. The number of hydrogen-bond acceptors (Lipinski definition) is 1. The second-order valence-corrected chi connectivity index (χ2v) is 3.72. The van der Waals surface area contributed by atoms with E-state index in [9.17, 15) is 4.39 Å². The number of rotatable bonds is 0. The Morgan fingerprint density at radius 1 is 1.07 bits per heavy atom. The van der Waals surface area contributed by atoms with Gasteiger partial charge in [0.1, 0.15) is 5.58 Å². The molecule has 0 N–H and O–H groups in total. The molecule has 0 atom stereocenters. The van der Waals surface area contributed by atoms with Crippen LogP contribution in [0.25, 0.3) is 21.9 Å². The first-order valence-corrected chi connectivity index (χ1v) is 4.83. The van der Waals surface area contributed by atoms with Crippen molar-refractivity contribution in [1.29, 1.82) is 0 Å². The lowest BCUT2D eigenvalue weighted by atomic mass is 10.1. The Morgan fingerprint density at radius 2 is 1.93 bits per heavy atom. The second-order valence-electron chi connectivity index (χ2n) is 3.72. The van der Waals surface area contributed by atoms with Crippen LogP contribution in [0.2, 0.25) is 0 Å². The van der Waals surface area contributed by atoms with Gasteiger partial charge in [-0.05, 0) is 25.1 Å². The summed E-state index contributed by atoms with van der Waals surface area (Å²) in [6.45, 7) is 2.01. The van der Waals surface area contributed by atoms with Gasteiger partial charge in [-0.25, -0.2) is 4.39 Å². The second kappa shape index (κ2) is 2.83. The minimum Gasteiger partial charge on any atom is -0.453 e. The lowest BCUT2D eigenvalue weighted by Gasteiger charge is -1.91. The molecule has 0 saturated heterocycles. The van der Waals surface area contributed by atoms with E-state index in [1.54, 1.807) is 6.07 Å². The topological polar surface area (TPSA) is 13.1 Å². The van der Waals surface area contributed by atoms with Gasteiger partial charge >= 0.3 is 0 Å². The van der Waals surface area contributed by atoms with Crippen LogP contribution in [0.5, 0.6) is 0 Å². The first-order chi connectivity index (χ1) is 7.25. The van der Waals surface area contributed by atoms with E-state index >= 15 is 0 Å². The van der Waals surface area contributed by atoms with Gasteiger partial charge in [-0.15, -0.1) is 0 Å². The van der Waals surface area contributed by atoms with Crippen LogP contribution in [-0.4, -0.2) is 0 Å². The van der Waals surface area contributed by atoms with E-state index in [1.165, 1.54) is 6.07 Å². The van der Waals surface area contributed by atoms with Crippen LogP contribution in [0, 0.1) is 12.7 Å². The average molecular weight is 200 g/mol. The van der Waals surface area contributed by atoms with Gasteiger partial charge < -0.3 is 4.42 Å². The normalized spacial score (nSPS) is 11.3. The maximum absolute atomic E-state index is 13.4. The van der Waals surface area contributed by atoms with Crippen LogP contribution >= 0.6 is 0 Å². The summed E-state index contributed by atoms with van der Waals surface area (Å²) in [7, 11) is 0. The molecule has 1 aromatic heterocycles. The number of aryl methyl sites for hydroxylation is 1. The van der Waals surface area contributed by atoms with Crippen LogP contribution in [0.15, 0.2) is 40.8 Å². The summed E-state index contributed by atoms with van der Waals surface area (Å²) in [6.07, 6.45) is 0. The molecule has 0 radical (unpaired) electrons. The van der Waals surface area contributed by atoms with Crippen LogP contribution < -0.4 is 0 Å². The van der Waals surface area contributed by atoms with Gasteiger partial charge in [0, 0.05) is 10.8 Å². The SMILES string of the molecule is Cc1ccc2oc3c(F)cccc3c2c1. The van der Waals surface area contributed by atoms with Gasteiger partial charge in [-0.3, -0.25) is 0 Å². The molecule has 0 saturated carbocycles. The molecule has 0 aliphatic rings. The number of furan rings is 1. The fourth-order valence-electron chi connectivity index (χ4n) is 1.88. The van der Waals surface area contributed by atoms with Gasteiger partial charge in [0.05, 0.1) is 0 Å². The zero-order chi connectivity index (χ0) is 10.4. The smallest absolute Gasteiger partial charge is 0.171 e. The first kappa shape index (κ1) is 8.48. The minimum absolute atomic E-state index is 0.304. The largest absolute Gasteiger partial charge is 0.453 e. The summed E-state index contributed by atoms with van der Waals surface area (Å²) in [6, 6.07) is 10.9. The highest BCUT2D eigenvalue weighted by atomic mass is 19.1. The Labute approximate surface area is 86.1 Å². The van der Waals surface area contributed by atoms with Crippen LogP contribution in [-0.2, 0) is 0 Å². The summed E-state index contributed by atoms with van der Waals surface area (Å²) in [4.78, 5) is 0. The Balaban J connectivity index is 2.58. The highest BCUT2D eigenvalue weighted by Crippen LogP contribution is 2.30. The molecule has 74 valence electrons. The molecule has 2 aromatic carbocycles. The third-order valence-corrected chi connectivity index (χ3v) is 2.60. The molecule has 2 heteroatoms. The van der Waals surface area contributed by atoms with Crippen molar-refractivity contribution in [3.8, 4) is 0 Å². The van der Waals surface area contributed by atoms with Crippen LogP contribution in [0.1, 0.15) is 5.56 Å². The van der Waals surface area contributed by atoms with Gasteiger partial charge in [-0.2, -0.15) is 0 Å². The number of fused-ring (bicyclic) bond motifs is 3. The van der Waals surface area contributed by atoms with Gasteiger partial charge in [0.25, 0.3) is 0 Å². The van der Waals surface area contributed by atoms with Crippen molar-refractivity contribution in [1.82, 2.24) is 0 Å². The molecule has 1 nitrogen and oxygen atoms in total. The third kappa shape index (κ3) is 1.14. The van der Waals surface area contributed by atoms with E-state index in [0.29, 0.717) is 5.58 Å². The number of halogens is 1. The van der Waals surface area contributed by atoms with Crippen LogP contribution in [0.3, 0.4) is 0 Å². The van der Waals surface area contributed by atoms with E-state index in [4.69, 9.17) is 4.42 Å². The highest BCUT2D eigenvalue weighted by molar-refractivity contribution is 6.05. The van der Waals surface area contributed by atoms with E-state index in [-0.39, 0.29) is 5.82 Å². The molecule has 3 rings (SSSR count). The summed E-state index contributed by atoms with van der Waals surface area (Å²) in [5.74, 6) is -0.304. The van der Waals surface area contributed by atoms with Crippen molar-refractivity contribution in [3.05, 3.63) is 47.8 Å². The molecular weight excluding hydrogens is 191 g/mol. The number of para-hydroxylation sites is 1. The molecule has 0 fully saturated rings. The minimum atomic E-state index is -0.304. The predicted molar refractivity (Wildman–Crippen MR) is 58.4 cm³/mol. The molecule has 15 heavy (non-hydrogen) atoms. The first-order valence-electron chi connectivity index (χ1n) is 4.83. The monoisotopic (exact) mass is 200 g/mol. The predicted octanol–water partition coefficient (Wildman–Crippen LogP) is 4.03. The molecular formula is C13H9FO. The fraction of sp³-hybridized carbons (Fsp3) is 0.0769. The van der Waals surface area contributed by atoms with Crippen molar-refractivity contribution in [3.63, 3.8) is 0 Å². The zero-order valence-electron chi connectivity index (χ0n) is 8.25. The Morgan fingerprint density at radius 3 is 2.80 bits per heavy atom. The molecule has 0 aliphatic heterocycles. The van der Waals surface area contributed by atoms with Gasteiger partial charge in [0.2, 0.25) is 0 Å². The van der Waals surface area contributed by atoms with Crippen molar-refractivity contribution >= 4 is 21.9 Å². The zero-order valence-corrected chi connectivity index (χ0v) is 8.25.